The number of fused-ring (bicyclic) bond motifs is 2. The molecular formula is C23H31N5O4. The maximum absolute atomic E-state index is 13.0. The lowest BCUT2D eigenvalue weighted by Gasteiger charge is -2.23. The van der Waals surface area contributed by atoms with Crippen LogP contribution >= 0.6 is 0 Å². The van der Waals surface area contributed by atoms with Crippen LogP contribution in [0.3, 0.4) is 0 Å². The van der Waals surface area contributed by atoms with Crippen LogP contribution in [0.5, 0.6) is 5.75 Å². The molecule has 32 heavy (non-hydrogen) atoms. The number of hydrogen-bond donors (Lipinski definition) is 3. The zero-order valence-electron chi connectivity index (χ0n) is 18.5. The van der Waals surface area contributed by atoms with Gasteiger partial charge in [0.25, 0.3) is 0 Å². The lowest BCUT2D eigenvalue weighted by Crippen LogP contribution is -2.36. The fraction of sp³-hybridized carbons (Fsp3) is 0.522. The van der Waals surface area contributed by atoms with Crippen molar-refractivity contribution in [1.82, 2.24) is 14.6 Å². The number of imidazole rings is 1. The number of carboxylic acids is 1. The lowest BCUT2D eigenvalue weighted by molar-refractivity contribution is -0.144. The van der Waals surface area contributed by atoms with Crippen molar-refractivity contribution >= 4 is 17.8 Å². The topological polar surface area (TPSA) is 109 Å². The number of unbranched alkanes of at least 4 members (excludes halogenated alkanes) is 1. The first-order valence-corrected chi connectivity index (χ1v) is 11.3. The van der Waals surface area contributed by atoms with E-state index in [0.717, 1.165) is 54.4 Å². The number of ether oxygens (including phenoxy) is 1. The minimum Gasteiger partial charge on any atom is -0.493 e. The third kappa shape index (κ3) is 5.15. The van der Waals surface area contributed by atoms with Crippen molar-refractivity contribution in [3.05, 3.63) is 41.2 Å². The predicted octanol–water partition coefficient (Wildman–Crippen LogP) is 2.25. The third-order valence-corrected chi connectivity index (χ3v) is 5.94. The second kappa shape index (κ2) is 9.93. The summed E-state index contributed by atoms with van der Waals surface area (Å²) in [5.41, 5.74) is 6.26. The Hall–Kier alpha value is -3.23. The van der Waals surface area contributed by atoms with Crippen molar-refractivity contribution in [2.75, 3.05) is 37.0 Å². The van der Waals surface area contributed by atoms with E-state index in [4.69, 9.17) is 4.74 Å². The fourth-order valence-electron chi connectivity index (χ4n) is 4.26. The van der Waals surface area contributed by atoms with E-state index in [1.54, 1.807) is 0 Å². The second-order valence-corrected chi connectivity index (χ2v) is 8.40. The van der Waals surface area contributed by atoms with Crippen molar-refractivity contribution < 1.29 is 19.4 Å². The van der Waals surface area contributed by atoms with Crippen LogP contribution in [0.2, 0.25) is 0 Å². The number of aliphatic carboxylic acids is 1. The molecule has 2 aliphatic heterocycles. The largest absolute Gasteiger partial charge is 0.493 e. The van der Waals surface area contributed by atoms with Gasteiger partial charge in [0.15, 0.2) is 0 Å². The van der Waals surface area contributed by atoms with Gasteiger partial charge in [-0.2, -0.15) is 0 Å². The minimum atomic E-state index is -0.937. The number of carbonyl (C=O) groups excluding carboxylic acids is 1. The van der Waals surface area contributed by atoms with Crippen LogP contribution in [0.15, 0.2) is 24.4 Å². The van der Waals surface area contributed by atoms with Gasteiger partial charge in [-0.15, -0.1) is 0 Å². The molecule has 1 aromatic carbocycles. The first-order valence-electron chi connectivity index (χ1n) is 11.3. The molecule has 0 bridgehead atoms. The molecule has 9 heteroatoms. The standard InChI is InChI=1S/C23H31N5O4/c1-2-3-9-27-14-18-12-20(5-4-16(18)11-17(22(27)31)13-21(29)30)32-10-6-19-15-28-23(26-19)24-7-8-25-28/h4-5,12,15,17,25H,2-3,6-11,13-14H2,1H3,(H,24,26)(H,29,30). The Morgan fingerprint density at radius 2 is 2.19 bits per heavy atom. The summed E-state index contributed by atoms with van der Waals surface area (Å²) in [6, 6.07) is 5.87. The Balaban J connectivity index is 1.43. The zero-order chi connectivity index (χ0) is 22.5. The van der Waals surface area contributed by atoms with E-state index in [-0.39, 0.29) is 12.3 Å². The monoisotopic (exact) mass is 441 g/mol. The lowest BCUT2D eigenvalue weighted by atomic mass is 9.94. The molecule has 1 aromatic heterocycles. The van der Waals surface area contributed by atoms with Crippen molar-refractivity contribution in [2.24, 2.45) is 5.92 Å². The smallest absolute Gasteiger partial charge is 0.304 e. The molecule has 9 nitrogen and oxygen atoms in total. The number of benzene rings is 1. The average Bonchev–Trinajstić information content (AvgIpc) is 3.14. The molecule has 2 aliphatic rings. The van der Waals surface area contributed by atoms with E-state index < -0.39 is 11.9 Å². The highest BCUT2D eigenvalue weighted by molar-refractivity contribution is 5.84. The van der Waals surface area contributed by atoms with E-state index in [1.165, 1.54) is 0 Å². The maximum atomic E-state index is 13.0. The normalized spacial score (nSPS) is 17.6. The Labute approximate surface area is 187 Å². The molecule has 0 spiro atoms. The Bertz CT molecular complexity index is 950. The molecule has 4 rings (SSSR count). The summed E-state index contributed by atoms with van der Waals surface area (Å²) >= 11 is 0. The van der Waals surface area contributed by atoms with Gasteiger partial charge in [-0.25, -0.2) is 9.66 Å². The Kier molecular flexibility index (Phi) is 6.82. The van der Waals surface area contributed by atoms with Crippen LogP contribution in [0.4, 0.5) is 5.95 Å². The summed E-state index contributed by atoms with van der Waals surface area (Å²) in [5.74, 6) is 0.0539. The first kappa shape index (κ1) is 22.0. The van der Waals surface area contributed by atoms with Crippen LogP contribution in [0, 0.1) is 5.92 Å². The average molecular weight is 442 g/mol. The van der Waals surface area contributed by atoms with Gasteiger partial charge in [-0.05, 0) is 36.1 Å². The molecule has 3 N–H and O–H groups in total. The van der Waals surface area contributed by atoms with Gasteiger partial charge in [0.2, 0.25) is 11.9 Å². The van der Waals surface area contributed by atoms with Crippen molar-refractivity contribution in [1.29, 1.82) is 0 Å². The number of nitrogens with one attached hydrogen (secondary N) is 2. The molecule has 0 aliphatic carbocycles. The molecule has 3 heterocycles. The van der Waals surface area contributed by atoms with Gasteiger partial charge in [-0.1, -0.05) is 19.4 Å². The zero-order valence-corrected chi connectivity index (χ0v) is 18.5. The predicted molar refractivity (Wildman–Crippen MR) is 120 cm³/mol. The molecule has 0 saturated carbocycles. The van der Waals surface area contributed by atoms with Gasteiger partial charge in [0.05, 0.1) is 30.8 Å². The highest BCUT2D eigenvalue weighted by atomic mass is 16.5. The molecule has 1 atom stereocenters. The Morgan fingerprint density at radius 1 is 1.31 bits per heavy atom. The minimum absolute atomic E-state index is 0.0644. The number of aromatic nitrogens is 2. The fourth-order valence-corrected chi connectivity index (χ4v) is 4.26. The molecule has 2 aromatic rings. The summed E-state index contributed by atoms with van der Waals surface area (Å²) in [6.45, 7) is 5.43. The van der Waals surface area contributed by atoms with E-state index >= 15 is 0 Å². The van der Waals surface area contributed by atoms with Crippen LogP contribution in [0.1, 0.15) is 43.0 Å². The summed E-state index contributed by atoms with van der Waals surface area (Å²) in [7, 11) is 0. The van der Waals surface area contributed by atoms with Crippen molar-refractivity contribution in [3.63, 3.8) is 0 Å². The molecule has 1 amide bonds. The molecule has 172 valence electrons. The molecule has 0 radical (unpaired) electrons. The number of carboxylic acid groups (broad SMARTS) is 1. The van der Waals surface area contributed by atoms with Gasteiger partial charge in [-0.3, -0.25) is 9.59 Å². The summed E-state index contributed by atoms with van der Waals surface area (Å²) < 4.78 is 7.90. The van der Waals surface area contributed by atoms with Crippen LogP contribution in [-0.2, 0) is 29.0 Å². The van der Waals surface area contributed by atoms with E-state index in [9.17, 15) is 14.7 Å². The summed E-state index contributed by atoms with van der Waals surface area (Å²) in [5, 5.41) is 12.5. The highest BCUT2D eigenvalue weighted by Gasteiger charge is 2.31. The second-order valence-electron chi connectivity index (χ2n) is 8.40. The number of carbonyl (C=O) groups is 2. The number of anilines is 1. The maximum Gasteiger partial charge on any atom is 0.304 e. The summed E-state index contributed by atoms with van der Waals surface area (Å²) in [4.78, 5) is 30.6. The van der Waals surface area contributed by atoms with E-state index in [0.29, 0.717) is 32.5 Å². The quantitative estimate of drug-likeness (QED) is 0.548. The number of hydrogen-bond acceptors (Lipinski definition) is 6. The van der Waals surface area contributed by atoms with Gasteiger partial charge < -0.3 is 25.5 Å². The van der Waals surface area contributed by atoms with E-state index in [1.807, 2.05) is 34.0 Å². The summed E-state index contributed by atoms with van der Waals surface area (Å²) in [6.07, 6.45) is 4.84. The van der Waals surface area contributed by atoms with Crippen molar-refractivity contribution in [3.8, 4) is 5.75 Å². The van der Waals surface area contributed by atoms with Gasteiger partial charge in [0, 0.05) is 32.6 Å². The number of amides is 1. The molecular weight excluding hydrogens is 410 g/mol. The molecule has 0 saturated heterocycles. The van der Waals surface area contributed by atoms with Gasteiger partial charge >= 0.3 is 5.97 Å². The molecule has 0 fully saturated rings. The van der Waals surface area contributed by atoms with Crippen LogP contribution < -0.4 is 15.5 Å². The first-order chi connectivity index (χ1) is 15.5. The third-order valence-electron chi connectivity index (χ3n) is 5.94. The van der Waals surface area contributed by atoms with Crippen molar-refractivity contribution in [2.45, 2.75) is 45.6 Å². The highest BCUT2D eigenvalue weighted by Crippen LogP contribution is 2.28. The molecule has 1 unspecified atom stereocenters. The number of nitrogens with zero attached hydrogens (tertiary/aromatic N) is 3. The van der Waals surface area contributed by atoms with E-state index in [2.05, 4.69) is 22.7 Å². The van der Waals surface area contributed by atoms with Crippen LogP contribution in [-0.4, -0.2) is 57.8 Å². The Morgan fingerprint density at radius 3 is 2.97 bits per heavy atom. The van der Waals surface area contributed by atoms with Crippen LogP contribution in [0.25, 0.3) is 0 Å². The number of rotatable bonds is 9. The SMILES string of the molecule is CCCCN1Cc2cc(OCCc3cn4c(n3)NCCN4)ccc2CC(CC(=O)O)C1=O. The van der Waals surface area contributed by atoms with Gasteiger partial charge in [0.1, 0.15) is 5.75 Å².